The minimum atomic E-state index is 0.284. The van der Waals surface area contributed by atoms with Crippen molar-refractivity contribution in [2.75, 3.05) is 5.88 Å². The molecule has 1 unspecified atom stereocenters. The van der Waals surface area contributed by atoms with E-state index in [0.29, 0.717) is 5.88 Å². The number of thiophene rings is 1. The number of hydrogen-bond donors (Lipinski definition) is 0. The summed E-state index contributed by atoms with van der Waals surface area (Å²) in [6, 6.07) is 8.88. The third-order valence-corrected chi connectivity index (χ3v) is 4.54. The average Bonchev–Trinajstić information content (AvgIpc) is 3.05. The summed E-state index contributed by atoms with van der Waals surface area (Å²) in [5, 5.41) is 4.33. The van der Waals surface area contributed by atoms with Gasteiger partial charge in [0.25, 0.3) is 0 Å². The average molecular weight is 305 g/mol. The molecular formula is C16H17ClN2S. The van der Waals surface area contributed by atoms with E-state index in [2.05, 4.69) is 53.4 Å². The molecule has 1 atom stereocenters. The van der Waals surface area contributed by atoms with Gasteiger partial charge < -0.3 is 4.57 Å². The van der Waals surface area contributed by atoms with Gasteiger partial charge in [-0.1, -0.05) is 6.07 Å². The SMILES string of the molecule is Cc1ccc2nc(CCCl)n(C(C)c3ccsc3)c2c1. The Morgan fingerprint density at radius 1 is 1.35 bits per heavy atom. The third kappa shape index (κ3) is 2.36. The minimum Gasteiger partial charge on any atom is -0.321 e. The van der Waals surface area contributed by atoms with Crippen LogP contribution in [0, 0.1) is 6.92 Å². The van der Waals surface area contributed by atoms with Crippen LogP contribution in [0.25, 0.3) is 11.0 Å². The Morgan fingerprint density at radius 2 is 2.20 bits per heavy atom. The molecule has 0 amide bonds. The largest absolute Gasteiger partial charge is 0.321 e. The molecule has 2 nitrogen and oxygen atoms in total. The monoisotopic (exact) mass is 304 g/mol. The smallest absolute Gasteiger partial charge is 0.111 e. The van der Waals surface area contributed by atoms with Gasteiger partial charge >= 0.3 is 0 Å². The first-order valence-electron chi connectivity index (χ1n) is 6.76. The zero-order chi connectivity index (χ0) is 14.1. The molecule has 0 spiro atoms. The number of benzene rings is 1. The van der Waals surface area contributed by atoms with Crippen molar-refractivity contribution in [1.29, 1.82) is 0 Å². The second kappa shape index (κ2) is 5.58. The lowest BCUT2D eigenvalue weighted by Crippen LogP contribution is -2.10. The maximum atomic E-state index is 5.95. The van der Waals surface area contributed by atoms with Crippen molar-refractivity contribution >= 4 is 34.0 Å². The van der Waals surface area contributed by atoms with Crippen molar-refractivity contribution in [3.63, 3.8) is 0 Å². The van der Waals surface area contributed by atoms with Crippen LogP contribution in [0.5, 0.6) is 0 Å². The van der Waals surface area contributed by atoms with Crippen molar-refractivity contribution < 1.29 is 0 Å². The van der Waals surface area contributed by atoms with E-state index in [9.17, 15) is 0 Å². The topological polar surface area (TPSA) is 17.8 Å². The van der Waals surface area contributed by atoms with Crippen LogP contribution < -0.4 is 0 Å². The van der Waals surface area contributed by atoms with Crippen molar-refractivity contribution in [1.82, 2.24) is 9.55 Å². The summed E-state index contributed by atoms with van der Waals surface area (Å²) in [7, 11) is 0. The van der Waals surface area contributed by atoms with E-state index in [4.69, 9.17) is 16.6 Å². The van der Waals surface area contributed by atoms with Crippen LogP contribution in [0.4, 0.5) is 0 Å². The van der Waals surface area contributed by atoms with Crippen LogP contribution in [-0.2, 0) is 6.42 Å². The van der Waals surface area contributed by atoms with E-state index in [1.54, 1.807) is 11.3 Å². The highest BCUT2D eigenvalue weighted by Gasteiger charge is 2.17. The molecule has 3 aromatic rings. The first-order valence-corrected chi connectivity index (χ1v) is 8.24. The second-order valence-corrected chi connectivity index (χ2v) is 6.22. The van der Waals surface area contributed by atoms with Crippen LogP contribution >= 0.6 is 22.9 Å². The van der Waals surface area contributed by atoms with Gasteiger partial charge in [0.05, 0.1) is 17.1 Å². The molecule has 0 radical (unpaired) electrons. The van der Waals surface area contributed by atoms with E-state index in [1.807, 2.05) is 0 Å². The van der Waals surface area contributed by atoms with Crippen molar-refractivity contribution in [2.24, 2.45) is 0 Å². The predicted molar refractivity (Wildman–Crippen MR) is 87.0 cm³/mol. The van der Waals surface area contributed by atoms with E-state index < -0.39 is 0 Å². The van der Waals surface area contributed by atoms with E-state index in [1.165, 1.54) is 16.6 Å². The van der Waals surface area contributed by atoms with Gasteiger partial charge in [0.2, 0.25) is 0 Å². The normalized spacial score (nSPS) is 12.9. The molecular weight excluding hydrogens is 288 g/mol. The molecule has 0 aliphatic carbocycles. The number of rotatable bonds is 4. The van der Waals surface area contributed by atoms with Gasteiger partial charge in [0, 0.05) is 12.3 Å². The van der Waals surface area contributed by atoms with Gasteiger partial charge in [-0.3, -0.25) is 0 Å². The zero-order valence-corrected chi connectivity index (χ0v) is 13.2. The van der Waals surface area contributed by atoms with Gasteiger partial charge in [-0.25, -0.2) is 4.98 Å². The summed E-state index contributed by atoms with van der Waals surface area (Å²) >= 11 is 7.68. The second-order valence-electron chi connectivity index (χ2n) is 5.06. The zero-order valence-electron chi connectivity index (χ0n) is 11.6. The quantitative estimate of drug-likeness (QED) is 0.633. The molecule has 0 fully saturated rings. The summed E-state index contributed by atoms with van der Waals surface area (Å²) in [6.07, 6.45) is 0.795. The molecule has 2 heterocycles. The fourth-order valence-corrected chi connectivity index (χ4v) is 3.52. The van der Waals surface area contributed by atoms with Crippen LogP contribution in [0.3, 0.4) is 0 Å². The molecule has 4 heteroatoms. The maximum absolute atomic E-state index is 5.95. The van der Waals surface area contributed by atoms with Crippen LogP contribution in [0.15, 0.2) is 35.0 Å². The lowest BCUT2D eigenvalue weighted by molar-refractivity contribution is 0.625. The Labute approximate surface area is 128 Å². The van der Waals surface area contributed by atoms with Crippen LogP contribution in [-0.4, -0.2) is 15.4 Å². The van der Waals surface area contributed by atoms with Gasteiger partial charge in [-0.15, -0.1) is 11.6 Å². The third-order valence-electron chi connectivity index (χ3n) is 3.65. The fraction of sp³-hybridized carbons (Fsp3) is 0.312. The fourth-order valence-electron chi connectivity index (χ4n) is 2.61. The Morgan fingerprint density at radius 3 is 2.90 bits per heavy atom. The number of hydrogen-bond acceptors (Lipinski definition) is 2. The maximum Gasteiger partial charge on any atom is 0.111 e. The molecule has 104 valence electrons. The number of imidazole rings is 1. The summed E-state index contributed by atoms with van der Waals surface area (Å²) < 4.78 is 2.33. The van der Waals surface area contributed by atoms with Gasteiger partial charge in [-0.2, -0.15) is 11.3 Å². The van der Waals surface area contributed by atoms with E-state index in [-0.39, 0.29) is 6.04 Å². The highest BCUT2D eigenvalue weighted by molar-refractivity contribution is 7.07. The Kier molecular flexibility index (Phi) is 3.81. The van der Waals surface area contributed by atoms with Crippen LogP contribution in [0.1, 0.15) is 29.9 Å². The highest BCUT2D eigenvalue weighted by Crippen LogP contribution is 2.28. The van der Waals surface area contributed by atoms with Gasteiger partial charge in [0.1, 0.15) is 5.82 Å². The lowest BCUT2D eigenvalue weighted by Gasteiger charge is -2.16. The summed E-state index contributed by atoms with van der Waals surface area (Å²) in [5.74, 6) is 1.66. The van der Waals surface area contributed by atoms with Gasteiger partial charge in [-0.05, 0) is 53.9 Å². The molecule has 0 saturated carbocycles. The lowest BCUT2D eigenvalue weighted by atomic mass is 10.1. The molecule has 2 aromatic heterocycles. The summed E-state index contributed by atoms with van der Waals surface area (Å²) in [5.41, 5.74) is 4.84. The Balaban J connectivity index is 2.19. The molecule has 0 aliphatic rings. The van der Waals surface area contributed by atoms with E-state index >= 15 is 0 Å². The predicted octanol–water partition coefficient (Wildman–Crippen LogP) is 4.80. The summed E-state index contributed by atoms with van der Waals surface area (Å²) in [4.78, 5) is 4.76. The van der Waals surface area contributed by atoms with Crippen molar-refractivity contribution in [2.45, 2.75) is 26.3 Å². The number of alkyl halides is 1. The summed E-state index contributed by atoms with van der Waals surface area (Å²) in [6.45, 7) is 4.34. The number of fused-ring (bicyclic) bond motifs is 1. The Bertz CT molecular complexity index is 715. The van der Waals surface area contributed by atoms with Crippen molar-refractivity contribution in [3.05, 3.63) is 52.0 Å². The Hall–Kier alpha value is -1.32. The highest BCUT2D eigenvalue weighted by atomic mass is 35.5. The molecule has 1 aromatic carbocycles. The van der Waals surface area contributed by atoms with E-state index in [0.717, 1.165) is 17.8 Å². The minimum absolute atomic E-state index is 0.284. The van der Waals surface area contributed by atoms with Gasteiger partial charge in [0.15, 0.2) is 0 Å². The first kappa shape index (κ1) is 13.7. The molecule has 0 aliphatic heterocycles. The van der Waals surface area contributed by atoms with Crippen LogP contribution in [0.2, 0.25) is 0 Å². The molecule has 3 rings (SSSR count). The standard InChI is InChI=1S/C16H17ClN2S/c1-11-3-4-14-15(9-11)19(16(18-14)5-7-17)12(2)13-6-8-20-10-13/h3-4,6,8-10,12H,5,7H2,1-2H3. The number of aromatic nitrogens is 2. The first-order chi connectivity index (χ1) is 9.70. The molecule has 0 bridgehead atoms. The van der Waals surface area contributed by atoms with Crippen molar-refractivity contribution in [3.8, 4) is 0 Å². The molecule has 0 N–H and O–H groups in total. The molecule has 0 saturated heterocycles. The molecule has 20 heavy (non-hydrogen) atoms. The number of halogens is 1. The number of aryl methyl sites for hydroxylation is 2. The number of nitrogens with zero attached hydrogens (tertiary/aromatic N) is 2.